The molecule has 0 bridgehead atoms. The van der Waals surface area contributed by atoms with Crippen LogP contribution in [0.1, 0.15) is 20.3 Å². The van der Waals surface area contributed by atoms with E-state index in [2.05, 4.69) is 17.1 Å². The van der Waals surface area contributed by atoms with Crippen molar-refractivity contribution in [1.29, 1.82) is 0 Å². The van der Waals surface area contributed by atoms with Gasteiger partial charge in [-0.15, -0.1) is 11.8 Å². The van der Waals surface area contributed by atoms with Gasteiger partial charge in [-0.2, -0.15) is 4.99 Å². The van der Waals surface area contributed by atoms with Crippen molar-refractivity contribution in [3.63, 3.8) is 0 Å². The van der Waals surface area contributed by atoms with Crippen LogP contribution in [0.4, 0.5) is 0 Å². The van der Waals surface area contributed by atoms with E-state index in [1.54, 1.807) is 11.8 Å². The number of carbonyl (C=O) groups excluding carboxylic acids is 1. The van der Waals surface area contributed by atoms with Crippen LogP contribution in [0.25, 0.3) is 10.2 Å². The molecule has 3 aromatic rings. The minimum absolute atomic E-state index is 0.108. The van der Waals surface area contributed by atoms with Crippen molar-refractivity contribution < 1.29 is 14.3 Å². The lowest BCUT2D eigenvalue weighted by Crippen LogP contribution is -2.20. The molecule has 0 spiro atoms. The van der Waals surface area contributed by atoms with Crippen LogP contribution >= 0.6 is 23.1 Å². The molecule has 3 rings (SSSR count). The average Bonchev–Trinajstić information content (AvgIpc) is 3.07. The summed E-state index contributed by atoms with van der Waals surface area (Å²) in [5.41, 5.74) is 0.976. The van der Waals surface area contributed by atoms with Crippen LogP contribution in [0.3, 0.4) is 0 Å². The van der Waals surface area contributed by atoms with Crippen LogP contribution in [0.5, 0.6) is 5.75 Å². The lowest BCUT2D eigenvalue weighted by Gasteiger charge is -2.09. The largest absolute Gasteiger partial charge is 0.492 e. The molecule has 0 aliphatic carbocycles. The molecule has 0 N–H and O–H groups in total. The Morgan fingerprint density at radius 1 is 1.10 bits per heavy atom. The standard InChI is InChI=1S/C22H26N2O3S2/c1-3-26-15-14-24-21-18(27-4-2)11-8-12-19(21)29-22(24)23-20(25)13-16-28-17-9-6-5-7-10-17/h5-12H,3-4,13-16H2,1-2H3. The number of thioether (sulfide) groups is 1. The van der Waals surface area contributed by atoms with Crippen molar-refractivity contribution in [3.8, 4) is 5.75 Å². The number of thiazole rings is 1. The Labute approximate surface area is 179 Å². The number of nitrogens with zero attached hydrogens (tertiary/aromatic N) is 2. The summed E-state index contributed by atoms with van der Waals surface area (Å²) in [5, 5.41) is 0. The maximum Gasteiger partial charge on any atom is 0.249 e. The van der Waals surface area contributed by atoms with Gasteiger partial charge in [-0.25, -0.2) is 0 Å². The van der Waals surface area contributed by atoms with Gasteiger partial charge < -0.3 is 14.0 Å². The Bertz CT molecular complexity index is 996. The summed E-state index contributed by atoms with van der Waals surface area (Å²) in [6, 6.07) is 16.1. The molecular weight excluding hydrogens is 404 g/mol. The molecular formula is C22H26N2O3S2. The first-order valence-electron chi connectivity index (χ1n) is 9.81. The van der Waals surface area contributed by atoms with E-state index in [1.165, 1.54) is 11.3 Å². The number of amides is 1. The first-order chi connectivity index (χ1) is 14.2. The summed E-state index contributed by atoms with van der Waals surface area (Å²) >= 11 is 3.18. The highest BCUT2D eigenvalue weighted by molar-refractivity contribution is 7.99. The molecule has 0 fully saturated rings. The van der Waals surface area contributed by atoms with Crippen molar-refractivity contribution in [2.75, 3.05) is 25.6 Å². The number of para-hydroxylation sites is 1. The van der Waals surface area contributed by atoms with Gasteiger partial charge in [-0.05, 0) is 38.1 Å². The zero-order chi connectivity index (χ0) is 20.5. The van der Waals surface area contributed by atoms with Crippen molar-refractivity contribution >= 4 is 39.2 Å². The van der Waals surface area contributed by atoms with Crippen LogP contribution in [0, 0.1) is 0 Å². The van der Waals surface area contributed by atoms with E-state index in [1.807, 2.05) is 54.8 Å². The number of aromatic nitrogens is 1. The third-order valence-corrected chi connectivity index (χ3v) is 6.23. The maximum atomic E-state index is 12.5. The molecule has 2 aromatic carbocycles. The van der Waals surface area contributed by atoms with Gasteiger partial charge in [0.25, 0.3) is 0 Å². The van der Waals surface area contributed by atoms with Crippen molar-refractivity contribution in [2.45, 2.75) is 31.7 Å². The number of rotatable bonds is 10. The van der Waals surface area contributed by atoms with Crippen molar-refractivity contribution in [1.82, 2.24) is 4.57 Å². The zero-order valence-electron chi connectivity index (χ0n) is 16.8. The molecule has 0 saturated heterocycles. The summed E-state index contributed by atoms with van der Waals surface area (Å²) in [7, 11) is 0. The number of benzene rings is 2. The molecule has 0 atom stereocenters. The van der Waals surface area contributed by atoms with E-state index < -0.39 is 0 Å². The van der Waals surface area contributed by atoms with Crippen molar-refractivity contribution in [3.05, 3.63) is 53.3 Å². The van der Waals surface area contributed by atoms with E-state index in [9.17, 15) is 4.79 Å². The van der Waals surface area contributed by atoms with E-state index in [0.717, 1.165) is 20.9 Å². The minimum atomic E-state index is -0.108. The Balaban J connectivity index is 1.83. The Kier molecular flexibility index (Phi) is 8.34. The summed E-state index contributed by atoms with van der Waals surface area (Å²) < 4.78 is 14.5. The van der Waals surface area contributed by atoms with Gasteiger partial charge in [-0.1, -0.05) is 35.6 Å². The van der Waals surface area contributed by atoms with Gasteiger partial charge in [0.1, 0.15) is 11.3 Å². The monoisotopic (exact) mass is 430 g/mol. The number of fused-ring (bicyclic) bond motifs is 1. The Hall–Kier alpha value is -2.09. The smallest absolute Gasteiger partial charge is 0.249 e. The van der Waals surface area contributed by atoms with Crippen LogP contribution in [0.15, 0.2) is 58.4 Å². The first-order valence-corrected chi connectivity index (χ1v) is 11.6. The molecule has 5 nitrogen and oxygen atoms in total. The molecule has 1 heterocycles. The summed E-state index contributed by atoms with van der Waals surface area (Å²) in [6.07, 6.45) is 0.400. The second-order valence-electron chi connectivity index (χ2n) is 6.19. The number of hydrogen-bond acceptors (Lipinski definition) is 5. The molecule has 1 aromatic heterocycles. The van der Waals surface area contributed by atoms with Gasteiger partial charge in [0.2, 0.25) is 5.91 Å². The highest BCUT2D eigenvalue weighted by Gasteiger charge is 2.13. The minimum Gasteiger partial charge on any atom is -0.492 e. The van der Waals surface area contributed by atoms with Crippen LogP contribution in [0.2, 0.25) is 0 Å². The second kappa shape index (κ2) is 11.2. The van der Waals surface area contributed by atoms with E-state index in [-0.39, 0.29) is 5.91 Å². The fourth-order valence-electron chi connectivity index (χ4n) is 2.90. The fraction of sp³-hybridized carbons (Fsp3) is 0.364. The SMILES string of the molecule is CCOCCn1c(=NC(=O)CCSc2ccccc2)sc2cccc(OCC)c21. The number of hydrogen-bond donors (Lipinski definition) is 0. The zero-order valence-corrected chi connectivity index (χ0v) is 18.4. The molecule has 0 aliphatic rings. The van der Waals surface area contributed by atoms with Gasteiger partial charge in [0.05, 0.1) is 17.9 Å². The van der Waals surface area contributed by atoms with Gasteiger partial charge in [0, 0.05) is 30.2 Å². The molecule has 0 saturated carbocycles. The quantitative estimate of drug-likeness (QED) is 0.344. The Morgan fingerprint density at radius 3 is 2.69 bits per heavy atom. The summed E-state index contributed by atoms with van der Waals surface area (Å²) in [4.78, 5) is 18.8. The number of ether oxygens (including phenoxy) is 2. The van der Waals surface area contributed by atoms with E-state index in [0.29, 0.717) is 43.3 Å². The maximum absolute atomic E-state index is 12.5. The van der Waals surface area contributed by atoms with Crippen LogP contribution in [-0.2, 0) is 16.1 Å². The highest BCUT2D eigenvalue weighted by Crippen LogP contribution is 2.27. The first kappa shape index (κ1) is 21.6. The van der Waals surface area contributed by atoms with E-state index >= 15 is 0 Å². The normalized spacial score (nSPS) is 11.9. The molecule has 154 valence electrons. The molecule has 7 heteroatoms. The van der Waals surface area contributed by atoms with Crippen LogP contribution in [-0.4, -0.2) is 36.0 Å². The third-order valence-electron chi connectivity index (χ3n) is 4.18. The van der Waals surface area contributed by atoms with Gasteiger partial charge in [0.15, 0.2) is 4.80 Å². The van der Waals surface area contributed by atoms with Crippen molar-refractivity contribution in [2.24, 2.45) is 4.99 Å². The van der Waals surface area contributed by atoms with Gasteiger partial charge >= 0.3 is 0 Å². The molecule has 0 unspecified atom stereocenters. The lowest BCUT2D eigenvalue weighted by atomic mass is 10.3. The average molecular weight is 431 g/mol. The lowest BCUT2D eigenvalue weighted by molar-refractivity contribution is -0.117. The third kappa shape index (κ3) is 5.95. The predicted molar refractivity (Wildman–Crippen MR) is 120 cm³/mol. The second-order valence-corrected chi connectivity index (χ2v) is 8.36. The fourth-order valence-corrected chi connectivity index (χ4v) is 4.85. The number of carbonyl (C=O) groups is 1. The molecule has 0 aliphatic heterocycles. The molecule has 1 amide bonds. The van der Waals surface area contributed by atoms with Gasteiger partial charge in [-0.3, -0.25) is 4.79 Å². The molecule has 0 radical (unpaired) electrons. The van der Waals surface area contributed by atoms with Crippen LogP contribution < -0.4 is 9.54 Å². The molecule has 29 heavy (non-hydrogen) atoms. The summed E-state index contributed by atoms with van der Waals surface area (Å²) in [5.74, 6) is 1.41. The predicted octanol–water partition coefficient (Wildman–Crippen LogP) is 4.75. The highest BCUT2D eigenvalue weighted by atomic mass is 32.2. The summed E-state index contributed by atoms with van der Waals surface area (Å²) in [6.45, 7) is 6.37. The Morgan fingerprint density at radius 2 is 1.93 bits per heavy atom. The topological polar surface area (TPSA) is 52.8 Å². The van der Waals surface area contributed by atoms with E-state index in [4.69, 9.17) is 9.47 Å².